The van der Waals surface area contributed by atoms with Crippen LogP contribution < -0.4 is 0 Å². The summed E-state index contributed by atoms with van der Waals surface area (Å²) in [5.74, 6) is -11.1. The summed E-state index contributed by atoms with van der Waals surface area (Å²) in [5, 5.41) is 0. The molecule has 0 heterocycles. The minimum absolute atomic E-state index is 1.83. The highest BCUT2D eigenvalue weighted by Crippen LogP contribution is 2.48. The molecule has 0 atom stereocenters. The SMILES string of the molecule is F/C(OC(F)(F)C(F)(F)C(F)(F)F)=C(\F)C(F)(F)F. The summed E-state index contributed by atoms with van der Waals surface area (Å²) >= 11 is 0. The van der Waals surface area contributed by atoms with Crippen molar-refractivity contribution in [3.63, 3.8) is 0 Å². The van der Waals surface area contributed by atoms with Crippen LogP contribution in [0.2, 0.25) is 0 Å². The van der Waals surface area contributed by atoms with Gasteiger partial charge in [-0.15, -0.1) is 0 Å². The van der Waals surface area contributed by atoms with Gasteiger partial charge in [0.2, 0.25) is 0 Å². The van der Waals surface area contributed by atoms with Gasteiger partial charge in [-0.1, -0.05) is 0 Å². The third-order valence-electron chi connectivity index (χ3n) is 1.36. The summed E-state index contributed by atoms with van der Waals surface area (Å²) in [6, 6.07) is -3.96. The van der Waals surface area contributed by atoms with Gasteiger partial charge in [0, 0.05) is 0 Å². The van der Waals surface area contributed by atoms with Crippen molar-refractivity contribution in [2.75, 3.05) is 0 Å². The quantitative estimate of drug-likeness (QED) is 0.552. The topological polar surface area (TPSA) is 9.23 Å². The molecule has 114 valence electrons. The Labute approximate surface area is 95.0 Å². The molecular formula is C6F12O. The van der Waals surface area contributed by atoms with Gasteiger partial charge >= 0.3 is 30.4 Å². The highest BCUT2D eigenvalue weighted by Gasteiger charge is 2.76. The molecule has 0 bridgehead atoms. The van der Waals surface area contributed by atoms with E-state index in [1.54, 1.807) is 0 Å². The van der Waals surface area contributed by atoms with Gasteiger partial charge in [-0.2, -0.15) is 52.7 Å². The van der Waals surface area contributed by atoms with Crippen LogP contribution >= 0.6 is 0 Å². The molecular weight excluding hydrogens is 316 g/mol. The first kappa shape index (κ1) is 17.7. The van der Waals surface area contributed by atoms with Crippen LogP contribution in [0, 0.1) is 0 Å². The average Bonchev–Trinajstić information content (AvgIpc) is 2.12. The van der Waals surface area contributed by atoms with Crippen molar-refractivity contribution in [2.24, 2.45) is 0 Å². The van der Waals surface area contributed by atoms with Gasteiger partial charge in [-0.05, 0) is 0 Å². The Hall–Kier alpha value is -1.30. The molecule has 0 aromatic rings. The van der Waals surface area contributed by atoms with Gasteiger partial charge in [-0.25, -0.2) is 0 Å². The number of rotatable bonds is 3. The van der Waals surface area contributed by atoms with E-state index in [1.807, 2.05) is 4.74 Å². The van der Waals surface area contributed by atoms with E-state index in [0.29, 0.717) is 0 Å². The summed E-state index contributed by atoms with van der Waals surface area (Å²) in [6.45, 7) is 0. The third-order valence-corrected chi connectivity index (χ3v) is 1.36. The van der Waals surface area contributed by atoms with Gasteiger partial charge in [0.15, 0.2) is 0 Å². The second-order valence-electron chi connectivity index (χ2n) is 2.78. The smallest absolute Gasteiger partial charge is 0.399 e. The van der Waals surface area contributed by atoms with Crippen LogP contribution in [0.4, 0.5) is 52.7 Å². The van der Waals surface area contributed by atoms with Crippen LogP contribution in [0.15, 0.2) is 11.8 Å². The van der Waals surface area contributed by atoms with Crippen LogP contribution in [0.25, 0.3) is 0 Å². The number of alkyl halides is 10. The predicted molar refractivity (Wildman–Crippen MR) is 32.3 cm³/mol. The number of hydrogen-bond acceptors (Lipinski definition) is 1. The molecule has 13 heteroatoms. The van der Waals surface area contributed by atoms with E-state index < -0.39 is 36.2 Å². The number of halogens is 12. The van der Waals surface area contributed by atoms with E-state index in [0.717, 1.165) is 0 Å². The maximum atomic E-state index is 12.2. The van der Waals surface area contributed by atoms with Crippen LogP contribution in [0.5, 0.6) is 0 Å². The maximum absolute atomic E-state index is 12.2. The summed E-state index contributed by atoms with van der Waals surface area (Å²) in [6.07, 6.45) is -20.0. The molecule has 0 spiro atoms. The zero-order valence-corrected chi connectivity index (χ0v) is 7.94. The number of hydrogen-bond donors (Lipinski definition) is 0. The van der Waals surface area contributed by atoms with E-state index in [4.69, 9.17) is 0 Å². The molecule has 0 radical (unpaired) electrons. The monoisotopic (exact) mass is 316 g/mol. The highest BCUT2D eigenvalue weighted by atomic mass is 19.4. The fourth-order valence-electron chi connectivity index (χ4n) is 0.498. The van der Waals surface area contributed by atoms with E-state index in [2.05, 4.69) is 0 Å². The zero-order chi connectivity index (χ0) is 15.9. The largest absolute Gasteiger partial charge is 0.476 e. The first-order valence-corrected chi connectivity index (χ1v) is 3.68. The van der Waals surface area contributed by atoms with E-state index >= 15 is 0 Å². The van der Waals surface area contributed by atoms with Crippen molar-refractivity contribution in [2.45, 2.75) is 24.4 Å². The van der Waals surface area contributed by atoms with Gasteiger partial charge < -0.3 is 4.74 Å². The van der Waals surface area contributed by atoms with Crippen LogP contribution in [0.1, 0.15) is 0 Å². The molecule has 0 aliphatic carbocycles. The Morgan fingerprint density at radius 2 is 1.05 bits per heavy atom. The fourth-order valence-corrected chi connectivity index (χ4v) is 0.498. The van der Waals surface area contributed by atoms with Gasteiger partial charge in [0.1, 0.15) is 0 Å². The first-order chi connectivity index (χ1) is 8.04. The molecule has 19 heavy (non-hydrogen) atoms. The Kier molecular flexibility index (Phi) is 4.35. The molecule has 0 fully saturated rings. The average molecular weight is 316 g/mol. The molecule has 0 unspecified atom stereocenters. The minimum Gasteiger partial charge on any atom is -0.399 e. The lowest BCUT2D eigenvalue weighted by molar-refractivity contribution is -0.419. The Balaban J connectivity index is 5.41. The summed E-state index contributed by atoms with van der Waals surface area (Å²) in [4.78, 5) is 0. The molecule has 0 aromatic carbocycles. The number of ether oxygens (including phenoxy) is 1. The van der Waals surface area contributed by atoms with Crippen molar-refractivity contribution in [3.8, 4) is 0 Å². The molecule has 0 rings (SSSR count). The lowest BCUT2D eigenvalue weighted by Crippen LogP contribution is -2.53. The normalized spacial score (nSPS) is 16.2. The molecule has 0 saturated carbocycles. The van der Waals surface area contributed by atoms with Crippen LogP contribution in [-0.4, -0.2) is 24.4 Å². The summed E-state index contributed by atoms with van der Waals surface area (Å²) < 4.78 is 143. The molecule has 0 saturated heterocycles. The van der Waals surface area contributed by atoms with E-state index in [-0.39, 0.29) is 0 Å². The fraction of sp³-hybridized carbons (Fsp3) is 0.667. The van der Waals surface area contributed by atoms with Gasteiger partial charge in [-0.3, -0.25) is 0 Å². The second kappa shape index (κ2) is 4.67. The molecule has 0 aromatic heterocycles. The zero-order valence-electron chi connectivity index (χ0n) is 7.94. The standard InChI is InChI=1S/C6F12O/c7-1(3(9,10)11)2(8)19-6(17,18)4(12,13)5(14,15)16/b2-1+. The highest BCUT2D eigenvalue weighted by molar-refractivity contribution is 5.01. The lowest BCUT2D eigenvalue weighted by Gasteiger charge is -2.27. The molecule has 0 N–H and O–H groups in total. The molecule has 0 aliphatic heterocycles. The summed E-state index contributed by atoms with van der Waals surface area (Å²) in [5.41, 5.74) is 0. The van der Waals surface area contributed by atoms with Crippen LogP contribution in [-0.2, 0) is 4.74 Å². The summed E-state index contributed by atoms with van der Waals surface area (Å²) in [7, 11) is 0. The van der Waals surface area contributed by atoms with Crippen LogP contribution in [0.3, 0.4) is 0 Å². The Morgan fingerprint density at radius 1 is 0.684 bits per heavy atom. The Bertz CT molecular complexity index is 359. The molecule has 0 amide bonds. The van der Waals surface area contributed by atoms with Crippen molar-refractivity contribution < 1.29 is 57.4 Å². The van der Waals surface area contributed by atoms with Crippen molar-refractivity contribution in [3.05, 3.63) is 11.8 Å². The van der Waals surface area contributed by atoms with E-state index in [9.17, 15) is 52.7 Å². The minimum atomic E-state index is -7.04. The van der Waals surface area contributed by atoms with Gasteiger partial charge in [0.25, 0.3) is 5.83 Å². The first-order valence-electron chi connectivity index (χ1n) is 3.68. The lowest BCUT2D eigenvalue weighted by atomic mass is 10.3. The number of allylic oxidation sites excluding steroid dienone is 1. The van der Waals surface area contributed by atoms with Crippen molar-refractivity contribution in [1.82, 2.24) is 0 Å². The van der Waals surface area contributed by atoms with E-state index in [1.165, 1.54) is 0 Å². The maximum Gasteiger partial charge on any atom is 0.476 e. The van der Waals surface area contributed by atoms with Gasteiger partial charge in [0.05, 0.1) is 0 Å². The third kappa shape index (κ3) is 3.59. The van der Waals surface area contributed by atoms with Crippen molar-refractivity contribution >= 4 is 0 Å². The molecule has 0 aliphatic rings. The predicted octanol–water partition coefficient (Wildman–Crippen LogP) is 4.46. The second-order valence-corrected chi connectivity index (χ2v) is 2.78. The molecule has 1 nitrogen and oxygen atoms in total. The Morgan fingerprint density at radius 3 is 1.32 bits per heavy atom. The van der Waals surface area contributed by atoms with Crippen molar-refractivity contribution in [1.29, 1.82) is 0 Å².